The lowest BCUT2D eigenvalue weighted by atomic mass is 9.94. The average molecular weight is 258 g/mol. The van der Waals surface area contributed by atoms with Gasteiger partial charge in [0.25, 0.3) is 0 Å². The third kappa shape index (κ3) is 2.39. The number of nitrogens with one attached hydrogen (secondary N) is 1. The Morgan fingerprint density at radius 3 is 2.79 bits per heavy atom. The lowest BCUT2D eigenvalue weighted by Crippen LogP contribution is -2.57. The molecule has 102 valence electrons. The summed E-state index contributed by atoms with van der Waals surface area (Å²) in [4.78, 5) is 14.7. The number of rotatable bonds is 2. The minimum Gasteiger partial charge on any atom is -0.337 e. The van der Waals surface area contributed by atoms with Crippen LogP contribution in [0.1, 0.15) is 43.4 Å². The third-order valence-corrected chi connectivity index (χ3v) is 4.44. The van der Waals surface area contributed by atoms with Crippen LogP contribution in [0.4, 0.5) is 0 Å². The molecule has 1 aromatic rings. The topological polar surface area (TPSA) is 32.3 Å². The van der Waals surface area contributed by atoms with Crippen LogP contribution < -0.4 is 5.32 Å². The molecule has 2 atom stereocenters. The van der Waals surface area contributed by atoms with E-state index in [1.54, 1.807) is 0 Å². The van der Waals surface area contributed by atoms with Gasteiger partial charge in [-0.25, -0.2) is 0 Å². The standard InChI is InChI=1S/C16H22N2O/c1-2-12-6-8-13(9-7-12)15-16(19)18-10-4-3-5-14(18)11-17-15/h6-9,14-15,17H,2-5,10-11H2,1H3. The number of hydrogen-bond acceptors (Lipinski definition) is 2. The van der Waals surface area contributed by atoms with Crippen LogP contribution in [0.15, 0.2) is 24.3 Å². The molecular weight excluding hydrogens is 236 g/mol. The zero-order chi connectivity index (χ0) is 13.2. The van der Waals surface area contributed by atoms with Gasteiger partial charge in [-0.1, -0.05) is 31.2 Å². The minimum atomic E-state index is -0.139. The summed E-state index contributed by atoms with van der Waals surface area (Å²) < 4.78 is 0. The number of fused-ring (bicyclic) bond motifs is 1. The molecule has 2 saturated heterocycles. The molecule has 2 aliphatic heterocycles. The summed E-state index contributed by atoms with van der Waals surface area (Å²) in [5.41, 5.74) is 2.43. The smallest absolute Gasteiger partial charge is 0.244 e. The zero-order valence-electron chi connectivity index (χ0n) is 11.6. The molecule has 2 fully saturated rings. The van der Waals surface area contributed by atoms with E-state index < -0.39 is 0 Å². The van der Waals surface area contributed by atoms with E-state index in [0.717, 1.165) is 37.9 Å². The Hall–Kier alpha value is -1.35. The molecule has 0 spiro atoms. The summed E-state index contributed by atoms with van der Waals surface area (Å²) in [6.07, 6.45) is 4.61. The van der Waals surface area contributed by atoms with E-state index in [-0.39, 0.29) is 11.9 Å². The van der Waals surface area contributed by atoms with Crippen molar-refractivity contribution in [2.24, 2.45) is 0 Å². The summed E-state index contributed by atoms with van der Waals surface area (Å²) >= 11 is 0. The highest BCUT2D eigenvalue weighted by Crippen LogP contribution is 2.27. The van der Waals surface area contributed by atoms with Crippen molar-refractivity contribution in [3.05, 3.63) is 35.4 Å². The average Bonchev–Trinajstić information content (AvgIpc) is 2.48. The minimum absolute atomic E-state index is 0.139. The first-order chi connectivity index (χ1) is 9.29. The molecule has 2 heterocycles. The fourth-order valence-corrected chi connectivity index (χ4v) is 3.22. The second kappa shape index (κ2) is 5.33. The number of amides is 1. The Morgan fingerprint density at radius 2 is 2.05 bits per heavy atom. The maximum absolute atomic E-state index is 12.6. The summed E-state index contributed by atoms with van der Waals surface area (Å²) in [5, 5.41) is 3.43. The van der Waals surface area contributed by atoms with Crippen LogP contribution in [0.5, 0.6) is 0 Å². The van der Waals surface area contributed by atoms with E-state index >= 15 is 0 Å². The molecule has 2 aliphatic rings. The number of piperazine rings is 1. The number of carbonyl (C=O) groups is 1. The Morgan fingerprint density at radius 1 is 1.26 bits per heavy atom. The van der Waals surface area contributed by atoms with E-state index in [9.17, 15) is 4.79 Å². The van der Waals surface area contributed by atoms with Crippen molar-refractivity contribution in [3.63, 3.8) is 0 Å². The Labute approximate surface area is 115 Å². The van der Waals surface area contributed by atoms with Gasteiger partial charge in [0.1, 0.15) is 6.04 Å². The number of benzene rings is 1. The van der Waals surface area contributed by atoms with E-state index in [1.807, 2.05) is 0 Å². The van der Waals surface area contributed by atoms with Crippen LogP contribution >= 0.6 is 0 Å². The third-order valence-electron chi connectivity index (χ3n) is 4.44. The quantitative estimate of drug-likeness (QED) is 0.882. The second-order valence-corrected chi connectivity index (χ2v) is 5.62. The van der Waals surface area contributed by atoms with Gasteiger partial charge in [-0.2, -0.15) is 0 Å². The highest BCUT2D eigenvalue weighted by atomic mass is 16.2. The van der Waals surface area contributed by atoms with Gasteiger partial charge in [0.2, 0.25) is 5.91 Å². The van der Waals surface area contributed by atoms with Crippen molar-refractivity contribution < 1.29 is 4.79 Å². The van der Waals surface area contributed by atoms with E-state index in [1.165, 1.54) is 12.0 Å². The van der Waals surface area contributed by atoms with Crippen molar-refractivity contribution in [2.75, 3.05) is 13.1 Å². The first-order valence-electron chi connectivity index (χ1n) is 7.42. The molecule has 1 aromatic carbocycles. The molecule has 19 heavy (non-hydrogen) atoms. The lowest BCUT2D eigenvalue weighted by molar-refractivity contribution is -0.140. The van der Waals surface area contributed by atoms with E-state index in [2.05, 4.69) is 41.4 Å². The molecule has 1 N–H and O–H groups in total. The van der Waals surface area contributed by atoms with E-state index in [0.29, 0.717) is 6.04 Å². The first-order valence-corrected chi connectivity index (χ1v) is 7.42. The number of aryl methyl sites for hydroxylation is 1. The van der Waals surface area contributed by atoms with Crippen LogP contribution in [0, 0.1) is 0 Å². The Kier molecular flexibility index (Phi) is 3.56. The summed E-state index contributed by atoms with van der Waals surface area (Å²) in [7, 11) is 0. The molecule has 3 heteroatoms. The van der Waals surface area contributed by atoms with Crippen LogP contribution in [-0.4, -0.2) is 29.9 Å². The van der Waals surface area contributed by atoms with Crippen molar-refractivity contribution in [1.82, 2.24) is 10.2 Å². The highest BCUT2D eigenvalue weighted by Gasteiger charge is 2.36. The van der Waals surface area contributed by atoms with Gasteiger partial charge >= 0.3 is 0 Å². The maximum Gasteiger partial charge on any atom is 0.244 e. The molecule has 0 saturated carbocycles. The summed E-state index contributed by atoms with van der Waals surface area (Å²) in [5.74, 6) is 0.264. The number of carbonyl (C=O) groups excluding carboxylic acids is 1. The van der Waals surface area contributed by atoms with Crippen LogP contribution in [0.2, 0.25) is 0 Å². The monoisotopic (exact) mass is 258 g/mol. The molecule has 0 aromatic heterocycles. The van der Waals surface area contributed by atoms with Gasteiger partial charge in [-0.3, -0.25) is 4.79 Å². The van der Waals surface area contributed by atoms with Gasteiger partial charge in [-0.05, 0) is 36.8 Å². The first kappa shape index (κ1) is 12.7. The number of nitrogens with zero attached hydrogens (tertiary/aromatic N) is 1. The van der Waals surface area contributed by atoms with Gasteiger partial charge in [-0.15, -0.1) is 0 Å². The number of piperidine rings is 1. The van der Waals surface area contributed by atoms with Gasteiger partial charge in [0.15, 0.2) is 0 Å². The molecule has 2 unspecified atom stereocenters. The summed E-state index contributed by atoms with van der Waals surface area (Å²) in [6, 6.07) is 8.74. The van der Waals surface area contributed by atoms with Crippen LogP contribution in [0.3, 0.4) is 0 Å². The maximum atomic E-state index is 12.6. The van der Waals surface area contributed by atoms with Crippen molar-refractivity contribution in [1.29, 1.82) is 0 Å². The largest absolute Gasteiger partial charge is 0.337 e. The van der Waals surface area contributed by atoms with Crippen LogP contribution in [0.25, 0.3) is 0 Å². The normalized spacial score (nSPS) is 27.2. The van der Waals surface area contributed by atoms with Gasteiger partial charge < -0.3 is 10.2 Å². The van der Waals surface area contributed by atoms with E-state index in [4.69, 9.17) is 0 Å². The molecule has 0 bridgehead atoms. The summed E-state index contributed by atoms with van der Waals surface area (Å²) in [6.45, 7) is 4.03. The van der Waals surface area contributed by atoms with Gasteiger partial charge in [0.05, 0.1) is 0 Å². The zero-order valence-corrected chi connectivity index (χ0v) is 11.6. The SMILES string of the molecule is CCc1ccc(C2NCC3CCCCN3C2=O)cc1. The predicted octanol–water partition coefficient (Wildman–Crippen LogP) is 2.27. The molecule has 0 aliphatic carbocycles. The predicted molar refractivity (Wildman–Crippen MR) is 75.9 cm³/mol. The Balaban J connectivity index is 1.79. The van der Waals surface area contributed by atoms with Crippen molar-refractivity contribution >= 4 is 5.91 Å². The Bertz CT molecular complexity index is 454. The fraction of sp³-hybridized carbons (Fsp3) is 0.562. The van der Waals surface area contributed by atoms with Crippen molar-refractivity contribution in [3.8, 4) is 0 Å². The lowest BCUT2D eigenvalue weighted by Gasteiger charge is -2.43. The highest BCUT2D eigenvalue weighted by molar-refractivity contribution is 5.84. The van der Waals surface area contributed by atoms with Gasteiger partial charge in [0, 0.05) is 19.1 Å². The number of hydrogen-bond donors (Lipinski definition) is 1. The van der Waals surface area contributed by atoms with Crippen molar-refractivity contribution in [2.45, 2.75) is 44.7 Å². The van der Waals surface area contributed by atoms with Crippen LogP contribution in [-0.2, 0) is 11.2 Å². The fourth-order valence-electron chi connectivity index (χ4n) is 3.22. The molecule has 3 nitrogen and oxygen atoms in total. The second-order valence-electron chi connectivity index (χ2n) is 5.62. The molecule has 1 amide bonds. The molecule has 3 rings (SSSR count). The molecular formula is C16H22N2O. The molecule has 0 radical (unpaired) electrons.